The third-order valence-corrected chi connectivity index (χ3v) is 3.67. The molecule has 0 aromatic heterocycles. The quantitative estimate of drug-likeness (QED) is 0.711. The topological polar surface area (TPSA) is 0 Å². The molecule has 1 radical (unpaired) electrons. The number of hydrogen-bond acceptors (Lipinski definition) is 1. The van der Waals surface area contributed by atoms with Gasteiger partial charge in [0.15, 0.2) is 0 Å². The van der Waals surface area contributed by atoms with Crippen molar-refractivity contribution in [1.29, 1.82) is 0 Å². The van der Waals surface area contributed by atoms with E-state index in [0.717, 1.165) is 5.56 Å². The highest BCUT2D eigenvalue weighted by molar-refractivity contribution is 8.01. The molecule has 0 aliphatic carbocycles. The maximum absolute atomic E-state index is 5.92. The Kier molecular flexibility index (Phi) is 3.56. The summed E-state index contributed by atoms with van der Waals surface area (Å²) in [5.41, 5.74) is 1.14. The Morgan fingerprint density at radius 3 is 2.31 bits per heavy atom. The Bertz CT molecular complexity index is 308. The van der Waals surface area contributed by atoms with Gasteiger partial charge in [-0.05, 0) is 31.5 Å². The van der Waals surface area contributed by atoms with Crippen LogP contribution >= 0.6 is 35.0 Å². The Balaban J connectivity index is 3.10. The van der Waals surface area contributed by atoms with Crippen LogP contribution in [0.25, 0.3) is 0 Å². The molecule has 0 saturated heterocycles. The van der Waals surface area contributed by atoms with Crippen molar-refractivity contribution in [3.63, 3.8) is 0 Å². The lowest BCUT2D eigenvalue weighted by atomic mass is 10.0. The maximum atomic E-state index is 5.92. The van der Waals surface area contributed by atoms with Crippen LogP contribution in [-0.2, 0) is 4.75 Å². The van der Waals surface area contributed by atoms with Crippen LogP contribution in [0.4, 0.5) is 0 Å². The summed E-state index contributed by atoms with van der Waals surface area (Å²) in [7, 11) is 0. The lowest BCUT2D eigenvalue weighted by Gasteiger charge is -2.22. The predicted octanol–water partition coefficient (Wildman–Crippen LogP) is 4.75. The molecule has 0 nitrogen and oxygen atoms in total. The van der Waals surface area contributed by atoms with Gasteiger partial charge in [-0.25, -0.2) is 0 Å². The van der Waals surface area contributed by atoms with Crippen LogP contribution in [-0.4, -0.2) is 0 Å². The molecule has 0 amide bonds. The zero-order valence-corrected chi connectivity index (χ0v) is 9.93. The number of hydrogen-bond donors (Lipinski definition) is 0. The standard InChI is InChI=1S/C10H11Cl2S/c1-10(2,13-3)7-4-5-8(11)9(12)6-7/h4-6H,3H2,1-2H3. The average Bonchev–Trinajstić information content (AvgIpc) is 2.09. The largest absolute Gasteiger partial charge is 0.150 e. The van der Waals surface area contributed by atoms with Crippen molar-refractivity contribution in [2.75, 3.05) is 0 Å². The van der Waals surface area contributed by atoms with Gasteiger partial charge in [-0.15, -0.1) is 0 Å². The van der Waals surface area contributed by atoms with Crippen molar-refractivity contribution in [3.8, 4) is 0 Å². The van der Waals surface area contributed by atoms with E-state index >= 15 is 0 Å². The number of thioether (sulfide) groups is 1. The molecule has 1 rings (SSSR count). The van der Waals surface area contributed by atoms with Crippen LogP contribution in [0, 0.1) is 6.26 Å². The molecule has 0 heterocycles. The van der Waals surface area contributed by atoms with E-state index in [1.807, 2.05) is 18.2 Å². The van der Waals surface area contributed by atoms with Gasteiger partial charge in [0, 0.05) is 11.0 Å². The van der Waals surface area contributed by atoms with Crippen LogP contribution in [0.5, 0.6) is 0 Å². The minimum Gasteiger partial charge on any atom is -0.150 e. The molecule has 0 aliphatic rings. The van der Waals surface area contributed by atoms with Gasteiger partial charge < -0.3 is 0 Å². The molecule has 71 valence electrons. The van der Waals surface area contributed by atoms with Crippen LogP contribution in [0.3, 0.4) is 0 Å². The molecule has 1 aromatic rings. The molecule has 0 fully saturated rings. The summed E-state index contributed by atoms with van der Waals surface area (Å²) in [6, 6.07) is 5.69. The normalized spacial score (nSPS) is 11.8. The maximum Gasteiger partial charge on any atom is 0.0595 e. The van der Waals surface area contributed by atoms with E-state index in [9.17, 15) is 0 Å². The summed E-state index contributed by atoms with van der Waals surface area (Å²) in [4.78, 5) is 0. The number of rotatable bonds is 2. The first-order valence-electron chi connectivity index (χ1n) is 3.86. The highest BCUT2D eigenvalue weighted by Crippen LogP contribution is 2.37. The summed E-state index contributed by atoms with van der Waals surface area (Å²) in [6.45, 7) is 4.20. The summed E-state index contributed by atoms with van der Waals surface area (Å²) in [5, 5.41) is 1.19. The summed E-state index contributed by atoms with van der Waals surface area (Å²) in [6.07, 6.45) is 3.83. The van der Waals surface area contributed by atoms with E-state index in [1.54, 1.807) is 11.8 Å². The lowest BCUT2D eigenvalue weighted by molar-refractivity contribution is 0.787. The first kappa shape index (κ1) is 11.2. The van der Waals surface area contributed by atoms with E-state index in [-0.39, 0.29) is 4.75 Å². The highest BCUT2D eigenvalue weighted by atomic mass is 35.5. The number of benzene rings is 1. The fourth-order valence-electron chi connectivity index (χ4n) is 0.954. The number of halogens is 2. The summed E-state index contributed by atoms with van der Waals surface area (Å²) >= 11 is 13.3. The molecule has 0 bridgehead atoms. The fourth-order valence-corrected chi connectivity index (χ4v) is 1.55. The molecule has 0 unspecified atom stereocenters. The SMILES string of the molecule is [CH2]SC(C)(C)c1ccc(Cl)c(Cl)c1. The zero-order valence-electron chi connectivity index (χ0n) is 7.60. The van der Waals surface area contributed by atoms with Crippen molar-refractivity contribution in [2.45, 2.75) is 18.6 Å². The van der Waals surface area contributed by atoms with Crippen LogP contribution in [0.15, 0.2) is 18.2 Å². The van der Waals surface area contributed by atoms with E-state index in [0.29, 0.717) is 10.0 Å². The van der Waals surface area contributed by atoms with Gasteiger partial charge in [0.2, 0.25) is 0 Å². The highest BCUT2D eigenvalue weighted by Gasteiger charge is 2.19. The average molecular weight is 234 g/mol. The van der Waals surface area contributed by atoms with Crippen LogP contribution in [0.2, 0.25) is 10.0 Å². The third kappa shape index (κ3) is 2.55. The van der Waals surface area contributed by atoms with Gasteiger partial charge in [0.25, 0.3) is 0 Å². The second-order valence-corrected chi connectivity index (χ2v) is 5.41. The molecule has 1 aromatic carbocycles. The fraction of sp³-hybridized carbons (Fsp3) is 0.300. The van der Waals surface area contributed by atoms with Gasteiger partial charge >= 0.3 is 0 Å². The molecule has 0 N–H and O–H groups in total. The van der Waals surface area contributed by atoms with Crippen LogP contribution < -0.4 is 0 Å². The van der Waals surface area contributed by atoms with Crippen LogP contribution in [0.1, 0.15) is 19.4 Å². The molecule has 0 saturated carbocycles. The van der Waals surface area contributed by atoms with Gasteiger partial charge in [0.1, 0.15) is 0 Å². The molecule has 0 spiro atoms. The monoisotopic (exact) mass is 233 g/mol. The Morgan fingerprint density at radius 1 is 1.23 bits per heavy atom. The van der Waals surface area contributed by atoms with Gasteiger partial charge in [-0.2, -0.15) is 11.8 Å². The van der Waals surface area contributed by atoms with Gasteiger partial charge in [0.05, 0.1) is 10.0 Å². The molecule has 13 heavy (non-hydrogen) atoms. The molecular weight excluding hydrogens is 223 g/mol. The van der Waals surface area contributed by atoms with Crippen molar-refractivity contribution >= 4 is 35.0 Å². The Labute approximate surface area is 93.6 Å². The van der Waals surface area contributed by atoms with Crippen molar-refractivity contribution in [1.82, 2.24) is 0 Å². The molecular formula is C10H11Cl2S. The van der Waals surface area contributed by atoms with E-state index in [2.05, 4.69) is 20.1 Å². The predicted molar refractivity (Wildman–Crippen MR) is 62.4 cm³/mol. The lowest BCUT2D eigenvalue weighted by Crippen LogP contribution is -2.10. The summed E-state index contributed by atoms with van der Waals surface area (Å²) in [5.74, 6) is 0. The van der Waals surface area contributed by atoms with Crippen molar-refractivity contribution in [2.24, 2.45) is 0 Å². The second-order valence-electron chi connectivity index (χ2n) is 3.28. The minimum absolute atomic E-state index is 0.0196. The first-order valence-corrected chi connectivity index (χ1v) is 5.60. The summed E-state index contributed by atoms with van der Waals surface area (Å²) < 4.78 is -0.0196. The molecule has 3 heteroatoms. The smallest absolute Gasteiger partial charge is 0.0595 e. The third-order valence-electron chi connectivity index (χ3n) is 1.98. The van der Waals surface area contributed by atoms with Gasteiger partial charge in [-0.1, -0.05) is 29.3 Å². The first-order chi connectivity index (χ1) is 5.97. The van der Waals surface area contributed by atoms with Gasteiger partial charge in [-0.3, -0.25) is 0 Å². The zero-order chi connectivity index (χ0) is 10.1. The van der Waals surface area contributed by atoms with Crippen molar-refractivity contribution < 1.29 is 0 Å². The Morgan fingerprint density at radius 2 is 1.85 bits per heavy atom. The van der Waals surface area contributed by atoms with E-state index in [4.69, 9.17) is 23.2 Å². The van der Waals surface area contributed by atoms with E-state index < -0.39 is 0 Å². The van der Waals surface area contributed by atoms with Crippen molar-refractivity contribution in [3.05, 3.63) is 40.1 Å². The molecule has 0 atom stereocenters. The minimum atomic E-state index is -0.0196. The second kappa shape index (κ2) is 4.12. The molecule has 0 aliphatic heterocycles. The Hall–Kier alpha value is 0.150. The van der Waals surface area contributed by atoms with E-state index in [1.165, 1.54) is 0 Å².